The topological polar surface area (TPSA) is 75.7 Å². The van der Waals surface area contributed by atoms with Crippen LogP contribution in [0.15, 0.2) is 48.5 Å². The molecule has 0 aromatic heterocycles. The molecular formula is C21H27FN2O4S2. The van der Waals surface area contributed by atoms with Crippen molar-refractivity contribution in [3.05, 3.63) is 59.9 Å². The molecule has 2 aromatic rings. The molecule has 2 aromatic carbocycles. The number of anilines is 1. The fraction of sp³-hybridized carbons (Fsp3) is 0.381. The average Bonchev–Trinajstić information content (AvgIpc) is 2.70. The third-order valence-corrected chi connectivity index (χ3v) is 6.36. The van der Waals surface area contributed by atoms with E-state index in [1.165, 1.54) is 6.07 Å². The highest BCUT2D eigenvalue weighted by Gasteiger charge is 2.20. The number of hydrogen-bond donors (Lipinski definition) is 1. The van der Waals surface area contributed by atoms with Gasteiger partial charge in [-0.05, 0) is 55.0 Å². The highest BCUT2D eigenvalue weighted by molar-refractivity contribution is 7.98. The summed E-state index contributed by atoms with van der Waals surface area (Å²) in [6.45, 7) is 2.49. The van der Waals surface area contributed by atoms with Gasteiger partial charge in [0.1, 0.15) is 18.1 Å². The molecule has 0 unspecified atom stereocenters. The predicted molar refractivity (Wildman–Crippen MR) is 120 cm³/mol. The number of thioether (sulfide) groups is 1. The van der Waals surface area contributed by atoms with Crippen LogP contribution in [0.2, 0.25) is 0 Å². The lowest BCUT2D eigenvalue weighted by Gasteiger charge is -2.22. The minimum atomic E-state index is -3.62. The third kappa shape index (κ3) is 7.87. The van der Waals surface area contributed by atoms with Gasteiger partial charge in [-0.1, -0.05) is 18.2 Å². The van der Waals surface area contributed by atoms with Crippen LogP contribution in [0.25, 0.3) is 0 Å². The second kappa shape index (κ2) is 11.8. The summed E-state index contributed by atoms with van der Waals surface area (Å²) in [5, 5.41) is 2.74. The molecule has 1 N–H and O–H groups in total. The number of carbonyl (C=O) groups is 1. The maximum atomic E-state index is 13.6. The smallest absolute Gasteiger partial charge is 0.240 e. The normalized spacial score (nSPS) is 11.2. The molecule has 2 rings (SSSR count). The zero-order chi connectivity index (χ0) is 22.0. The van der Waals surface area contributed by atoms with Gasteiger partial charge in [-0.3, -0.25) is 9.10 Å². The van der Waals surface area contributed by atoms with Crippen molar-refractivity contribution in [2.75, 3.05) is 36.0 Å². The Hall–Kier alpha value is -2.26. The van der Waals surface area contributed by atoms with Crippen LogP contribution < -0.4 is 14.4 Å². The Kier molecular flexibility index (Phi) is 9.45. The summed E-state index contributed by atoms with van der Waals surface area (Å²) in [6, 6.07) is 13.2. The van der Waals surface area contributed by atoms with Crippen LogP contribution in [-0.4, -0.2) is 46.0 Å². The van der Waals surface area contributed by atoms with E-state index in [0.717, 1.165) is 16.3 Å². The van der Waals surface area contributed by atoms with Gasteiger partial charge in [-0.15, -0.1) is 0 Å². The standard InChI is InChI=1S/C21H27FN2O4S2/c1-3-28-19-11-9-18(10-12-19)24(30(2,26)27)15-21(25)23-13-6-14-29-16-17-7-4-5-8-20(17)22/h4-5,7-12H,3,6,13-16H2,1-2H3,(H,23,25). The zero-order valence-electron chi connectivity index (χ0n) is 17.1. The maximum Gasteiger partial charge on any atom is 0.240 e. The van der Waals surface area contributed by atoms with Gasteiger partial charge in [0.05, 0.1) is 18.6 Å². The number of halogens is 1. The van der Waals surface area contributed by atoms with Crippen LogP contribution in [0, 0.1) is 5.82 Å². The largest absolute Gasteiger partial charge is 0.494 e. The van der Waals surface area contributed by atoms with Crippen molar-refractivity contribution in [3.8, 4) is 5.75 Å². The summed E-state index contributed by atoms with van der Waals surface area (Å²) in [5.41, 5.74) is 1.06. The number of nitrogens with one attached hydrogen (secondary N) is 1. The van der Waals surface area contributed by atoms with Crippen LogP contribution in [0.5, 0.6) is 5.75 Å². The molecule has 9 heteroatoms. The number of rotatable bonds is 12. The summed E-state index contributed by atoms with van der Waals surface area (Å²) >= 11 is 1.58. The fourth-order valence-corrected chi connectivity index (χ4v) is 4.46. The monoisotopic (exact) mass is 454 g/mol. The maximum absolute atomic E-state index is 13.6. The Balaban J connectivity index is 1.78. The molecule has 0 spiro atoms. The summed E-state index contributed by atoms with van der Waals surface area (Å²) < 4.78 is 44.2. The van der Waals surface area contributed by atoms with Crippen molar-refractivity contribution in [2.24, 2.45) is 0 Å². The van der Waals surface area contributed by atoms with Crippen LogP contribution in [-0.2, 0) is 20.6 Å². The van der Waals surface area contributed by atoms with Gasteiger partial charge >= 0.3 is 0 Å². The minimum absolute atomic E-state index is 0.214. The molecule has 1 amide bonds. The highest BCUT2D eigenvalue weighted by Crippen LogP contribution is 2.21. The first-order valence-electron chi connectivity index (χ1n) is 9.59. The van der Waals surface area contributed by atoms with E-state index in [9.17, 15) is 17.6 Å². The Morgan fingerprint density at radius 1 is 1.17 bits per heavy atom. The second-order valence-electron chi connectivity index (χ2n) is 6.54. The number of sulfonamides is 1. The summed E-state index contributed by atoms with van der Waals surface area (Å²) in [6.07, 6.45) is 1.77. The van der Waals surface area contributed by atoms with E-state index in [1.807, 2.05) is 6.92 Å². The quantitative estimate of drug-likeness (QED) is 0.498. The molecule has 0 fully saturated rings. The Morgan fingerprint density at radius 2 is 1.87 bits per heavy atom. The van der Waals surface area contributed by atoms with Crippen molar-refractivity contribution >= 4 is 33.4 Å². The minimum Gasteiger partial charge on any atom is -0.494 e. The van der Waals surface area contributed by atoms with E-state index >= 15 is 0 Å². The predicted octanol–water partition coefficient (Wildman–Crippen LogP) is 3.43. The highest BCUT2D eigenvalue weighted by atomic mass is 32.2. The van der Waals surface area contributed by atoms with Crippen molar-refractivity contribution in [2.45, 2.75) is 19.1 Å². The van der Waals surface area contributed by atoms with E-state index in [4.69, 9.17) is 4.74 Å². The lowest BCUT2D eigenvalue weighted by molar-refractivity contribution is -0.119. The first kappa shape index (κ1) is 24.0. The zero-order valence-corrected chi connectivity index (χ0v) is 18.8. The molecular weight excluding hydrogens is 427 g/mol. The Bertz CT molecular complexity index is 921. The van der Waals surface area contributed by atoms with Gasteiger partial charge in [0.15, 0.2) is 0 Å². The average molecular weight is 455 g/mol. The van der Waals surface area contributed by atoms with Crippen LogP contribution >= 0.6 is 11.8 Å². The van der Waals surface area contributed by atoms with Crippen molar-refractivity contribution in [3.63, 3.8) is 0 Å². The van der Waals surface area contributed by atoms with E-state index in [1.54, 1.807) is 54.2 Å². The first-order valence-corrected chi connectivity index (χ1v) is 12.6. The molecule has 164 valence electrons. The molecule has 0 saturated carbocycles. The van der Waals surface area contributed by atoms with Crippen molar-refractivity contribution in [1.82, 2.24) is 5.32 Å². The molecule has 0 aliphatic heterocycles. The third-order valence-electron chi connectivity index (χ3n) is 4.13. The van der Waals surface area contributed by atoms with Crippen LogP contribution in [0.1, 0.15) is 18.9 Å². The van der Waals surface area contributed by atoms with Gasteiger partial charge in [0, 0.05) is 12.3 Å². The van der Waals surface area contributed by atoms with Crippen LogP contribution in [0.4, 0.5) is 10.1 Å². The number of nitrogens with zero attached hydrogens (tertiary/aromatic N) is 1. The molecule has 0 atom stereocenters. The molecule has 0 aliphatic rings. The van der Waals surface area contributed by atoms with Gasteiger partial charge < -0.3 is 10.1 Å². The Labute approximate surface area is 181 Å². The molecule has 0 bridgehead atoms. The number of hydrogen-bond acceptors (Lipinski definition) is 5. The Morgan fingerprint density at radius 3 is 2.50 bits per heavy atom. The van der Waals surface area contributed by atoms with E-state index in [2.05, 4.69) is 5.32 Å². The lowest BCUT2D eigenvalue weighted by Crippen LogP contribution is -2.40. The number of carbonyl (C=O) groups excluding carboxylic acids is 1. The summed E-state index contributed by atoms with van der Waals surface area (Å²) in [4.78, 5) is 12.2. The molecule has 0 radical (unpaired) electrons. The molecule has 6 nitrogen and oxygen atoms in total. The fourth-order valence-electron chi connectivity index (χ4n) is 2.66. The molecule has 0 heterocycles. The van der Waals surface area contributed by atoms with Gasteiger partial charge in [0.2, 0.25) is 15.9 Å². The second-order valence-corrected chi connectivity index (χ2v) is 9.56. The van der Waals surface area contributed by atoms with Gasteiger partial charge in [-0.25, -0.2) is 12.8 Å². The summed E-state index contributed by atoms with van der Waals surface area (Å²) in [7, 11) is -3.62. The van der Waals surface area contributed by atoms with Crippen molar-refractivity contribution < 1.29 is 22.3 Å². The summed E-state index contributed by atoms with van der Waals surface area (Å²) in [5.74, 6) is 1.36. The number of benzene rings is 2. The van der Waals surface area contributed by atoms with Crippen LogP contribution in [0.3, 0.4) is 0 Å². The first-order chi connectivity index (χ1) is 14.3. The van der Waals surface area contributed by atoms with E-state index in [0.29, 0.717) is 42.3 Å². The van der Waals surface area contributed by atoms with E-state index in [-0.39, 0.29) is 18.3 Å². The molecule has 0 aliphatic carbocycles. The van der Waals surface area contributed by atoms with Crippen molar-refractivity contribution in [1.29, 1.82) is 0 Å². The number of ether oxygens (including phenoxy) is 1. The molecule has 30 heavy (non-hydrogen) atoms. The van der Waals surface area contributed by atoms with E-state index < -0.39 is 10.0 Å². The van der Waals surface area contributed by atoms with Gasteiger partial charge in [-0.2, -0.15) is 11.8 Å². The lowest BCUT2D eigenvalue weighted by atomic mass is 10.2. The SMILES string of the molecule is CCOc1ccc(N(CC(=O)NCCCSCc2ccccc2F)S(C)(=O)=O)cc1. The van der Waals surface area contributed by atoms with Gasteiger partial charge in [0.25, 0.3) is 0 Å². The molecule has 0 saturated heterocycles. The number of amides is 1.